The SMILES string of the molecule is CCCC/C(=C\c1ccccc1)C/C=C/[Si](C)(C)Cc1ccccc1. The van der Waals surface area contributed by atoms with Crippen LogP contribution < -0.4 is 0 Å². The number of allylic oxidation sites excluding steroid dienone is 2. The second kappa shape index (κ2) is 10.2. The summed E-state index contributed by atoms with van der Waals surface area (Å²) in [5, 5.41) is 0. The van der Waals surface area contributed by atoms with Crippen LogP contribution in [0.15, 0.2) is 78.0 Å². The Kier molecular flexibility index (Phi) is 7.94. The van der Waals surface area contributed by atoms with Gasteiger partial charge in [-0.25, -0.2) is 0 Å². The van der Waals surface area contributed by atoms with E-state index in [0.717, 1.165) is 6.42 Å². The first kappa shape index (κ1) is 19.5. The summed E-state index contributed by atoms with van der Waals surface area (Å²) >= 11 is 0. The van der Waals surface area contributed by atoms with Gasteiger partial charge in [0.15, 0.2) is 0 Å². The molecule has 0 fully saturated rings. The Morgan fingerprint density at radius 3 is 2.20 bits per heavy atom. The molecule has 0 aliphatic carbocycles. The Hall–Kier alpha value is -1.86. The molecule has 0 radical (unpaired) electrons. The average molecular weight is 349 g/mol. The molecule has 0 amide bonds. The van der Waals surface area contributed by atoms with Crippen molar-refractivity contribution in [2.24, 2.45) is 0 Å². The molecule has 132 valence electrons. The van der Waals surface area contributed by atoms with E-state index in [1.807, 2.05) is 0 Å². The fourth-order valence-corrected chi connectivity index (χ4v) is 5.29. The van der Waals surface area contributed by atoms with Crippen LogP contribution in [0.4, 0.5) is 0 Å². The van der Waals surface area contributed by atoms with E-state index in [4.69, 9.17) is 0 Å². The van der Waals surface area contributed by atoms with Gasteiger partial charge in [-0.05, 0) is 30.9 Å². The summed E-state index contributed by atoms with van der Waals surface area (Å²) < 4.78 is 0. The maximum atomic E-state index is 2.53. The van der Waals surface area contributed by atoms with Gasteiger partial charge in [-0.1, -0.05) is 116 Å². The first-order valence-electron chi connectivity index (χ1n) is 9.55. The van der Waals surface area contributed by atoms with Crippen molar-refractivity contribution in [3.8, 4) is 0 Å². The molecule has 0 atom stereocenters. The second-order valence-electron chi connectivity index (χ2n) is 7.57. The number of hydrogen-bond donors (Lipinski definition) is 0. The minimum absolute atomic E-state index is 1.08. The summed E-state index contributed by atoms with van der Waals surface area (Å²) in [4.78, 5) is 0. The summed E-state index contributed by atoms with van der Waals surface area (Å²) in [5.74, 6) is 0. The fourth-order valence-electron chi connectivity index (χ4n) is 3.13. The Labute approximate surface area is 155 Å². The van der Waals surface area contributed by atoms with Gasteiger partial charge in [0.25, 0.3) is 0 Å². The van der Waals surface area contributed by atoms with Crippen LogP contribution in [0.3, 0.4) is 0 Å². The minimum Gasteiger partial charge on any atom is -0.0980 e. The number of benzene rings is 2. The third-order valence-corrected chi connectivity index (χ3v) is 6.93. The molecule has 1 heteroatoms. The average Bonchev–Trinajstić information content (AvgIpc) is 2.60. The molecule has 25 heavy (non-hydrogen) atoms. The Bertz CT molecular complexity index is 666. The van der Waals surface area contributed by atoms with Gasteiger partial charge in [0, 0.05) is 0 Å². The van der Waals surface area contributed by atoms with Crippen molar-refractivity contribution in [3.05, 3.63) is 89.1 Å². The Morgan fingerprint density at radius 2 is 1.56 bits per heavy atom. The number of rotatable bonds is 9. The van der Waals surface area contributed by atoms with E-state index in [1.54, 1.807) is 5.57 Å². The lowest BCUT2D eigenvalue weighted by molar-refractivity contribution is 0.779. The zero-order valence-corrected chi connectivity index (χ0v) is 17.0. The summed E-state index contributed by atoms with van der Waals surface area (Å²) in [6.45, 7) is 7.19. The molecule has 0 saturated heterocycles. The van der Waals surface area contributed by atoms with E-state index in [-0.39, 0.29) is 0 Å². The van der Waals surface area contributed by atoms with Gasteiger partial charge in [0.1, 0.15) is 0 Å². The van der Waals surface area contributed by atoms with E-state index in [0.29, 0.717) is 0 Å². The summed E-state index contributed by atoms with van der Waals surface area (Å²) in [6.07, 6.45) is 9.63. The van der Waals surface area contributed by atoms with E-state index in [1.165, 1.54) is 36.4 Å². The van der Waals surface area contributed by atoms with Crippen molar-refractivity contribution in [2.75, 3.05) is 0 Å². The molecule has 0 heterocycles. The van der Waals surface area contributed by atoms with E-state index in [2.05, 4.69) is 98.5 Å². The van der Waals surface area contributed by atoms with Crippen LogP contribution in [-0.2, 0) is 6.04 Å². The molecule has 0 N–H and O–H groups in total. The fraction of sp³-hybridized carbons (Fsp3) is 0.333. The van der Waals surface area contributed by atoms with Gasteiger partial charge < -0.3 is 0 Å². The van der Waals surface area contributed by atoms with Crippen LogP contribution in [0.1, 0.15) is 43.7 Å². The first-order valence-corrected chi connectivity index (χ1v) is 12.8. The van der Waals surface area contributed by atoms with E-state index < -0.39 is 8.07 Å². The van der Waals surface area contributed by atoms with Gasteiger partial charge in [-0.15, -0.1) is 0 Å². The first-order chi connectivity index (χ1) is 12.1. The molecule has 2 aromatic rings. The van der Waals surface area contributed by atoms with Crippen LogP contribution in [0.5, 0.6) is 0 Å². The highest BCUT2D eigenvalue weighted by atomic mass is 28.3. The Morgan fingerprint density at radius 1 is 0.920 bits per heavy atom. The van der Waals surface area contributed by atoms with Crippen molar-refractivity contribution in [1.82, 2.24) is 0 Å². The lowest BCUT2D eigenvalue weighted by atomic mass is 10.0. The van der Waals surface area contributed by atoms with Crippen molar-refractivity contribution in [2.45, 2.75) is 51.7 Å². The monoisotopic (exact) mass is 348 g/mol. The van der Waals surface area contributed by atoms with Crippen molar-refractivity contribution in [3.63, 3.8) is 0 Å². The van der Waals surface area contributed by atoms with Crippen LogP contribution in [0.2, 0.25) is 13.1 Å². The normalized spacial score (nSPS) is 12.7. The van der Waals surface area contributed by atoms with Crippen molar-refractivity contribution < 1.29 is 0 Å². The topological polar surface area (TPSA) is 0 Å². The van der Waals surface area contributed by atoms with E-state index >= 15 is 0 Å². The predicted molar refractivity (Wildman–Crippen MR) is 115 cm³/mol. The Balaban J connectivity index is 2.00. The molecule has 0 aromatic heterocycles. The molecule has 0 aliphatic rings. The van der Waals surface area contributed by atoms with Crippen molar-refractivity contribution in [1.29, 1.82) is 0 Å². The van der Waals surface area contributed by atoms with Crippen LogP contribution in [0.25, 0.3) is 6.08 Å². The second-order valence-corrected chi connectivity index (χ2v) is 12.2. The van der Waals surface area contributed by atoms with Crippen molar-refractivity contribution >= 4 is 14.1 Å². The highest BCUT2D eigenvalue weighted by molar-refractivity contribution is 6.81. The van der Waals surface area contributed by atoms with Gasteiger partial charge in [-0.3, -0.25) is 0 Å². The minimum atomic E-state index is -1.34. The van der Waals surface area contributed by atoms with Crippen LogP contribution in [-0.4, -0.2) is 8.07 Å². The molecule has 0 bridgehead atoms. The third-order valence-electron chi connectivity index (χ3n) is 4.47. The lowest BCUT2D eigenvalue weighted by Crippen LogP contribution is -2.26. The van der Waals surface area contributed by atoms with Gasteiger partial charge in [0.2, 0.25) is 0 Å². The van der Waals surface area contributed by atoms with Crippen LogP contribution >= 0.6 is 0 Å². The largest absolute Gasteiger partial charge is 0.0980 e. The van der Waals surface area contributed by atoms with Gasteiger partial charge in [-0.2, -0.15) is 0 Å². The lowest BCUT2D eigenvalue weighted by Gasteiger charge is -2.18. The smallest absolute Gasteiger partial charge is 0.0756 e. The zero-order valence-electron chi connectivity index (χ0n) is 16.0. The molecule has 0 nitrogen and oxygen atoms in total. The summed E-state index contributed by atoms with van der Waals surface area (Å²) in [7, 11) is -1.34. The maximum absolute atomic E-state index is 2.53. The predicted octanol–water partition coefficient (Wildman–Crippen LogP) is 7.24. The molecular formula is C24H32Si. The summed E-state index contributed by atoms with van der Waals surface area (Å²) in [5.41, 5.74) is 6.87. The number of hydrogen-bond acceptors (Lipinski definition) is 0. The molecule has 0 spiro atoms. The molecule has 2 aromatic carbocycles. The standard InChI is InChI=1S/C24H32Si/c1-4-5-13-22(20-23-14-8-6-9-15-23)18-12-19-25(2,3)21-24-16-10-7-11-17-24/h6-12,14-17,19-20H,4-5,13,18,21H2,1-3H3/b19-12+,22-20+. The molecular weight excluding hydrogens is 316 g/mol. The quantitative estimate of drug-likeness (QED) is 0.419. The van der Waals surface area contributed by atoms with Crippen LogP contribution in [0, 0.1) is 0 Å². The molecule has 0 aliphatic heterocycles. The third kappa shape index (κ3) is 7.70. The van der Waals surface area contributed by atoms with Gasteiger partial charge in [0.05, 0.1) is 8.07 Å². The molecule has 0 saturated carbocycles. The number of unbranched alkanes of at least 4 members (excludes halogenated alkanes) is 1. The molecule has 2 rings (SSSR count). The highest BCUT2D eigenvalue weighted by Gasteiger charge is 2.17. The maximum Gasteiger partial charge on any atom is 0.0756 e. The zero-order chi connectivity index (χ0) is 18.0. The molecule has 0 unspecified atom stereocenters. The highest BCUT2D eigenvalue weighted by Crippen LogP contribution is 2.19. The van der Waals surface area contributed by atoms with E-state index in [9.17, 15) is 0 Å². The van der Waals surface area contributed by atoms with Gasteiger partial charge >= 0.3 is 0 Å². The summed E-state index contributed by atoms with van der Waals surface area (Å²) in [6, 6.07) is 22.8.